The molecule has 0 aromatic heterocycles. The second-order valence-corrected chi connectivity index (χ2v) is 5.36. The summed E-state index contributed by atoms with van der Waals surface area (Å²) in [7, 11) is 1.90. The average molecular weight is 296 g/mol. The molecule has 1 rings (SSSR count). The number of nitrogens with zero attached hydrogens (tertiary/aromatic N) is 1. The molecule has 0 aliphatic heterocycles. The maximum absolute atomic E-state index is 12.8. The number of nitrogens with one attached hydrogen (secondary N) is 1. The van der Waals surface area contributed by atoms with E-state index in [1.165, 1.54) is 12.1 Å². The van der Waals surface area contributed by atoms with Gasteiger partial charge in [0.2, 0.25) is 5.91 Å². The first-order chi connectivity index (χ1) is 10.0. The van der Waals surface area contributed by atoms with Gasteiger partial charge in [-0.2, -0.15) is 0 Å². The third-order valence-electron chi connectivity index (χ3n) is 3.36. The summed E-state index contributed by atoms with van der Waals surface area (Å²) in [5.41, 5.74) is 0.885. The zero-order valence-corrected chi connectivity index (χ0v) is 12.8. The predicted octanol–water partition coefficient (Wildman–Crippen LogP) is 2.10. The number of aliphatic hydroxyl groups is 1. The number of halogens is 1. The van der Waals surface area contributed by atoms with Crippen molar-refractivity contribution in [2.24, 2.45) is 0 Å². The van der Waals surface area contributed by atoms with Crippen LogP contribution in [0, 0.1) is 5.82 Å². The molecule has 1 unspecified atom stereocenters. The molecule has 0 spiro atoms. The summed E-state index contributed by atoms with van der Waals surface area (Å²) in [6.45, 7) is 3.27. The fourth-order valence-electron chi connectivity index (χ4n) is 2.12. The van der Waals surface area contributed by atoms with Crippen LogP contribution in [0.15, 0.2) is 24.3 Å². The quantitative estimate of drug-likeness (QED) is 0.686. The standard InChI is InChI=1S/C16H25FN2O2/c1-13(14-6-8-15(17)9-7-14)18-16(21)12-19(2)10-4-3-5-11-20/h6-9,13,20H,3-5,10-12H2,1-2H3,(H,18,21). The van der Waals surface area contributed by atoms with Crippen LogP contribution in [0.25, 0.3) is 0 Å². The van der Waals surface area contributed by atoms with Gasteiger partial charge in [-0.15, -0.1) is 0 Å². The molecule has 0 saturated carbocycles. The highest BCUT2D eigenvalue weighted by Gasteiger charge is 2.11. The maximum Gasteiger partial charge on any atom is 0.234 e. The van der Waals surface area contributed by atoms with Crippen LogP contribution in [0.1, 0.15) is 37.8 Å². The highest BCUT2D eigenvalue weighted by molar-refractivity contribution is 5.78. The molecule has 21 heavy (non-hydrogen) atoms. The van der Waals surface area contributed by atoms with Gasteiger partial charge in [0.1, 0.15) is 5.82 Å². The maximum atomic E-state index is 12.8. The van der Waals surface area contributed by atoms with E-state index in [4.69, 9.17) is 5.11 Å². The Morgan fingerprint density at radius 2 is 1.95 bits per heavy atom. The van der Waals surface area contributed by atoms with E-state index in [1.54, 1.807) is 12.1 Å². The molecule has 0 fully saturated rings. The fourth-order valence-corrected chi connectivity index (χ4v) is 2.12. The van der Waals surface area contributed by atoms with E-state index in [2.05, 4.69) is 5.32 Å². The third-order valence-corrected chi connectivity index (χ3v) is 3.36. The minimum Gasteiger partial charge on any atom is -0.396 e. The van der Waals surface area contributed by atoms with Crippen LogP contribution in [0.4, 0.5) is 4.39 Å². The van der Waals surface area contributed by atoms with Gasteiger partial charge < -0.3 is 10.4 Å². The molecule has 1 amide bonds. The number of aliphatic hydroxyl groups excluding tert-OH is 1. The minimum absolute atomic E-state index is 0.0449. The highest BCUT2D eigenvalue weighted by atomic mass is 19.1. The molecule has 1 atom stereocenters. The van der Waals surface area contributed by atoms with Crippen LogP contribution in [-0.4, -0.2) is 42.7 Å². The van der Waals surface area contributed by atoms with Crippen molar-refractivity contribution in [2.75, 3.05) is 26.7 Å². The van der Waals surface area contributed by atoms with Crippen LogP contribution < -0.4 is 5.32 Å². The molecule has 118 valence electrons. The summed E-state index contributed by atoms with van der Waals surface area (Å²) in [4.78, 5) is 13.9. The molecular formula is C16H25FN2O2. The largest absolute Gasteiger partial charge is 0.396 e. The fraction of sp³-hybridized carbons (Fsp3) is 0.562. The molecule has 0 radical (unpaired) electrons. The van der Waals surface area contributed by atoms with Crippen molar-refractivity contribution < 1.29 is 14.3 Å². The van der Waals surface area contributed by atoms with Gasteiger partial charge in [0, 0.05) is 6.61 Å². The first-order valence-corrected chi connectivity index (χ1v) is 7.37. The SMILES string of the molecule is CC(NC(=O)CN(C)CCCCCO)c1ccc(F)cc1. The van der Waals surface area contributed by atoms with Gasteiger partial charge in [-0.25, -0.2) is 4.39 Å². The Hall–Kier alpha value is -1.46. The zero-order valence-electron chi connectivity index (χ0n) is 12.8. The van der Waals surface area contributed by atoms with Gasteiger partial charge in [-0.3, -0.25) is 9.69 Å². The van der Waals surface area contributed by atoms with Gasteiger partial charge >= 0.3 is 0 Å². The van der Waals surface area contributed by atoms with Crippen molar-refractivity contribution in [3.8, 4) is 0 Å². The second-order valence-electron chi connectivity index (χ2n) is 5.36. The molecule has 4 nitrogen and oxygen atoms in total. The van der Waals surface area contributed by atoms with E-state index in [9.17, 15) is 9.18 Å². The van der Waals surface area contributed by atoms with Crippen molar-refractivity contribution in [3.63, 3.8) is 0 Å². The first-order valence-electron chi connectivity index (χ1n) is 7.37. The van der Waals surface area contributed by atoms with E-state index >= 15 is 0 Å². The van der Waals surface area contributed by atoms with E-state index in [0.717, 1.165) is 31.4 Å². The number of hydrogen-bond acceptors (Lipinski definition) is 3. The second kappa shape index (κ2) is 9.47. The van der Waals surface area contributed by atoms with Crippen molar-refractivity contribution >= 4 is 5.91 Å². The smallest absolute Gasteiger partial charge is 0.234 e. The molecule has 2 N–H and O–H groups in total. The Morgan fingerprint density at radius 1 is 1.29 bits per heavy atom. The molecule has 0 bridgehead atoms. The summed E-state index contributed by atoms with van der Waals surface area (Å²) < 4.78 is 12.8. The summed E-state index contributed by atoms with van der Waals surface area (Å²) in [5.74, 6) is -0.323. The lowest BCUT2D eigenvalue weighted by atomic mass is 10.1. The van der Waals surface area contributed by atoms with Crippen LogP contribution >= 0.6 is 0 Å². The van der Waals surface area contributed by atoms with Crippen molar-refractivity contribution in [1.29, 1.82) is 0 Å². The lowest BCUT2D eigenvalue weighted by molar-refractivity contribution is -0.122. The molecule has 1 aromatic rings. The highest BCUT2D eigenvalue weighted by Crippen LogP contribution is 2.12. The normalized spacial score (nSPS) is 12.4. The predicted molar refractivity (Wildman–Crippen MR) is 81.4 cm³/mol. The van der Waals surface area contributed by atoms with Crippen LogP contribution in [0.2, 0.25) is 0 Å². The lowest BCUT2D eigenvalue weighted by Gasteiger charge is -2.19. The Balaban J connectivity index is 2.30. The number of rotatable bonds is 9. The Kier molecular flexibility index (Phi) is 7.93. The number of amides is 1. The van der Waals surface area contributed by atoms with Crippen LogP contribution in [0.3, 0.4) is 0 Å². The number of likely N-dealkylation sites (N-methyl/N-ethyl adjacent to an activating group) is 1. The Morgan fingerprint density at radius 3 is 2.57 bits per heavy atom. The number of unbranched alkanes of at least 4 members (excludes halogenated alkanes) is 2. The molecular weight excluding hydrogens is 271 g/mol. The molecule has 0 aliphatic rings. The molecule has 0 saturated heterocycles. The Labute approximate surface area is 126 Å². The Bertz CT molecular complexity index is 423. The van der Waals surface area contributed by atoms with Gasteiger partial charge in [0.25, 0.3) is 0 Å². The number of benzene rings is 1. The van der Waals surface area contributed by atoms with Gasteiger partial charge in [0.15, 0.2) is 0 Å². The van der Waals surface area contributed by atoms with E-state index in [1.807, 2.05) is 18.9 Å². The van der Waals surface area contributed by atoms with Gasteiger partial charge in [-0.05, 0) is 57.5 Å². The molecule has 1 aromatic carbocycles. The number of hydrogen-bond donors (Lipinski definition) is 2. The average Bonchev–Trinajstić information content (AvgIpc) is 2.44. The number of carbonyl (C=O) groups is 1. The summed E-state index contributed by atoms with van der Waals surface area (Å²) >= 11 is 0. The third kappa shape index (κ3) is 7.20. The van der Waals surface area contributed by atoms with Gasteiger partial charge in [-0.1, -0.05) is 12.1 Å². The van der Waals surface area contributed by atoms with Crippen molar-refractivity contribution in [2.45, 2.75) is 32.2 Å². The van der Waals surface area contributed by atoms with Crippen molar-refractivity contribution in [1.82, 2.24) is 10.2 Å². The van der Waals surface area contributed by atoms with Crippen LogP contribution in [-0.2, 0) is 4.79 Å². The summed E-state index contributed by atoms with van der Waals surface area (Å²) in [5, 5.41) is 11.6. The molecule has 0 aliphatic carbocycles. The minimum atomic E-state index is -0.278. The lowest BCUT2D eigenvalue weighted by Crippen LogP contribution is -2.36. The van der Waals surface area contributed by atoms with Crippen molar-refractivity contribution in [3.05, 3.63) is 35.6 Å². The van der Waals surface area contributed by atoms with E-state index in [0.29, 0.717) is 6.54 Å². The van der Waals surface area contributed by atoms with Gasteiger partial charge in [0.05, 0.1) is 12.6 Å². The van der Waals surface area contributed by atoms with Crippen LogP contribution in [0.5, 0.6) is 0 Å². The molecule has 0 heterocycles. The zero-order chi connectivity index (χ0) is 15.7. The summed E-state index contributed by atoms with van der Waals surface area (Å²) in [6, 6.07) is 6.01. The molecule has 5 heteroatoms. The topological polar surface area (TPSA) is 52.6 Å². The monoisotopic (exact) mass is 296 g/mol. The first kappa shape index (κ1) is 17.6. The van der Waals surface area contributed by atoms with E-state index < -0.39 is 0 Å². The number of carbonyl (C=O) groups excluding carboxylic acids is 1. The van der Waals surface area contributed by atoms with E-state index in [-0.39, 0.29) is 24.4 Å². The summed E-state index contributed by atoms with van der Waals surface area (Å²) in [6.07, 6.45) is 2.74.